The van der Waals surface area contributed by atoms with Gasteiger partial charge >= 0.3 is 0 Å². The van der Waals surface area contributed by atoms with Gasteiger partial charge in [0.1, 0.15) is 5.76 Å². The third kappa shape index (κ3) is 2.38. The highest BCUT2D eigenvalue weighted by atomic mass is 32.2. The van der Waals surface area contributed by atoms with Gasteiger partial charge in [-0.25, -0.2) is 13.6 Å². The Bertz CT molecular complexity index is 806. The summed E-state index contributed by atoms with van der Waals surface area (Å²) in [5.41, 5.74) is 3.03. The van der Waals surface area contributed by atoms with Gasteiger partial charge in [-0.3, -0.25) is 4.99 Å². The van der Waals surface area contributed by atoms with E-state index in [9.17, 15) is 8.42 Å². The maximum Gasteiger partial charge on any atom is 0.238 e. The highest BCUT2D eigenvalue weighted by Gasteiger charge is 2.30. The molecule has 0 bridgehead atoms. The summed E-state index contributed by atoms with van der Waals surface area (Å²) in [4.78, 5) is 4.47. The van der Waals surface area contributed by atoms with Crippen molar-refractivity contribution >= 4 is 21.8 Å². The van der Waals surface area contributed by atoms with Gasteiger partial charge in [-0.05, 0) is 43.6 Å². The number of nitrogens with zero attached hydrogens (tertiary/aromatic N) is 2. The summed E-state index contributed by atoms with van der Waals surface area (Å²) in [7, 11) is -3.82. The molecule has 0 saturated heterocycles. The summed E-state index contributed by atoms with van der Waals surface area (Å²) < 4.78 is 28.9. The molecule has 0 aromatic carbocycles. The summed E-state index contributed by atoms with van der Waals surface area (Å²) in [5, 5.41) is 9.27. The van der Waals surface area contributed by atoms with Crippen LogP contribution >= 0.6 is 0 Å². The maximum atomic E-state index is 11.9. The van der Waals surface area contributed by atoms with Crippen LogP contribution in [0.15, 0.2) is 38.2 Å². The minimum Gasteiger partial charge on any atom is -0.361 e. The number of hydrogen-bond donors (Lipinski definition) is 1. The number of allylic oxidation sites excluding steroid dienone is 2. The molecule has 0 amide bonds. The number of fused-ring (bicyclic) bond motifs is 1. The zero-order valence-corrected chi connectivity index (χ0v) is 12.5. The van der Waals surface area contributed by atoms with Gasteiger partial charge in [0.25, 0.3) is 0 Å². The molecule has 3 rings (SSSR count). The minimum atomic E-state index is -3.82. The van der Waals surface area contributed by atoms with E-state index in [-0.39, 0.29) is 10.9 Å². The second-order valence-corrected chi connectivity index (χ2v) is 6.64. The number of nitrogens with two attached hydrogens (primary N) is 1. The van der Waals surface area contributed by atoms with Gasteiger partial charge in [0.2, 0.25) is 10.0 Å². The van der Waals surface area contributed by atoms with Crippen molar-refractivity contribution in [3.8, 4) is 0 Å². The molecular formula is C14H15N3O3S. The van der Waals surface area contributed by atoms with Gasteiger partial charge in [-0.2, -0.15) is 0 Å². The van der Waals surface area contributed by atoms with Gasteiger partial charge in [0.15, 0.2) is 0 Å². The number of sulfonamides is 1. The molecule has 7 heteroatoms. The van der Waals surface area contributed by atoms with Crippen LogP contribution in [-0.4, -0.2) is 25.8 Å². The minimum absolute atomic E-state index is 0.113. The van der Waals surface area contributed by atoms with Crippen LogP contribution in [0.4, 0.5) is 0 Å². The molecule has 6 nitrogen and oxygen atoms in total. The molecule has 2 aliphatic rings. The monoisotopic (exact) mass is 305 g/mol. The molecule has 2 heterocycles. The lowest BCUT2D eigenvalue weighted by Gasteiger charge is -2.25. The molecule has 1 aromatic rings. The number of rotatable bonds is 2. The van der Waals surface area contributed by atoms with Crippen LogP contribution in [0.2, 0.25) is 0 Å². The molecule has 0 spiro atoms. The summed E-state index contributed by atoms with van der Waals surface area (Å²) >= 11 is 0. The van der Waals surface area contributed by atoms with Crippen molar-refractivity contribution < 1.29 is 12.9 Å². The third-order valence-corrected chi connectivity index (χ3v) is 4.62. The molecule has 1 aliphatic carbocycles. The topological polar surface area (TPSA) is 98.5 Å². The lowest BCUT2D eigenvalue weighted by atomic mass is 9.88. The quantitative estimate of drug-likeness (QED) is 0.897. The first kappa shape index (κ1) is 14.0. The van der Waals surface area contributed by atoms with Crippen LogP contribution in [0.1, 0.15) is 23.4 Å². The number of dihydropyridines is 1. The Hall–Kier alpha value is -1.99. The molecular weight excluding hydrogens is 290 g/mol. The van der Waals surface area contributed by atoms with Crippen molar-refractivity contribution in [3.63, 3.8) is 0 Å². The van der Waals surface area contributed by atoms with Crippen LogP contribution < -0.4 is 5.14 Å². The van der Waals surface area contributed by atoms with Gasteiger partial charge in [0.05, 0.1) is 16.6 Å². The number of primary sulfonamides is 1. The second kappa shape index (κ2) is 4.78. The van der Waals surface area contributed by atoms with Gasteiger partial charge in [-0.1, -0.05) is 11.2 Å². The van der Waals surface area contributed by atoms with E-state index in [0.29, 0.717) is 17.8 Å². The first-order valence-corrected chi connectivity index (χ1v) is 8.03. The fourth-order valence-electron chi connectivity index (χ4n) is 2.77. The number of aryl methyl sites for hydroxylation is 2. The molecule has 1 unspecified atom stereocenters. The van der Waals surface area contributed by atoms with E-state index in [2.05, 4.69) is 10.1 Å². The van der Waals surface area contributed by atoms with Crippen LogP contribution in [0.25, 0.3) is 5.57 Å². The highest BCUT2D eigenvalue weighted by Crippen LogP contribution is 2.37. The summed E-state index contributed by atoms with van der Waals surface area (Å²) in [6.07, 6.45) is 7.34. The fourth-order valence-corrected chi connectivity index (χ4v) is 3.61. The zero-order valence-electron chi connectivity index (χ0n) is 11.7. The molecule has 2 N–H and O–H groups in total. The van der Waals surface area contributed by atoms with E-state index in [4.69, 9.17) is 9.66 Å². The normalized spacial score (nSPS) is 21.5. The van der Waals surface area contributed by atoms with Crippen molar-refractivity contribution in [2.45, 2.75) is 26.3 Å². The van der Waals surface area contributed by atoms with Crippen LogP contribution in [0.3, 0.4) is 0 Å². The van der Waals surface area contributed by atoms with Crippen molar-refractivity contribution in [3.05, 3.63) is 45.7 Å². The molecule has 0 fully saturated rings. The zero-order chi connectivity index (χ0) is 15.2. The average Bonchev–Trinajstić information content (AvgIpc) is 2.76. The Kier molecular flexibility index (Phi) is 3.18. The number of hydrogen-bond acceptors (Lipinski definition) is 5. The van der Waals surface area contributed by atoms with Crippen LogP contribution in [-0.2, 0) is 10.0 Å². The van der Waals surface area contributed by atoms with Crippen molar-refractivity contribution in [1.29, 1.82) is 0 Å². The summed E-state index contributed by atoms with van der Waals surface area (Å²) in [6.45, 7) is 3.63. The van der Waals surface area contributed by atoms with E-state index >= 15 is 0 Å². The Labute approximate surface area is 122 Å². The second-order valence-electron chi connectivity index (χ2n) is 5.11. The van der Waals surface area contributed by atoms with Gasteiger partial charge in [0, 0.05) is 11.8 Å². The largest absolute Gasteiger partial charge is 0.361 e. The lowest BCUT2D eigenvalue weighted by Crippen LogP contribution is -2.24. The van der Waals surface area contributed by atoms with Gasteiger partial charge < -0.3 is 4.52 Å². The standard InChI is InChI=1S/C14H15N3O3S/c1-8-14(9(2)20-17-8)10-6-12-11(4-3-5-16-12)13(7-10)21(15,18)19/h3-5,7,12H,6H2,1-2H3,(H2,15,18,19). The Morgan fingerprint density at radius 3 is 2.76 bits per heavy atom. The molecule has 0 radical (unpaired) electrons. The number of aromatic nitrogens is 1. The smallest absolute Gasteiger partial charge is 0.238 e. The predicted molar refractivity (Wildman–Crippen MR) is 80.1 cm³/mol. The van der Waals surface area contributed by atoms with Crippen LogP contribution in [0.5, 0.6) is 0 Å². The van der Waals surface area contributed by atoms with E-state index in [1.807, 2.05) is 6.92 Å². The number of aliphatic imine (C=N–C) groups is 1. The highest BCUT2D eigenvalue weighted by molar-refractivity contribution is 7.93. The van der Waals surface area contributed by atoms with Crippen molar-refractivity contribution in [2.24, 2.45) is 10.1 Å². The predicted octanol–water partition coefficient (Wildman–Crippen LogP) is 1.63. The molecule has 110 valence electrons. The van der Waals surface area contributed by atoms with E-state index in [0.717, 1.165) is 16.8 Å². The van der Waals surface area contributed by atoms with E-state index < -0.39 is 10.0 Å². The summed E-state index contributed by atoms with van der Waals surface area (Å²) in [5.74, 6) is 0.659. The SMILES string of the molecule is Cc1noc(C)c1C1=CC(S(N)(=O)=O)=C2C=CC=NC2C1. The van der Waals surface area contributed by atoms with Crippen molar-refractivity contribution in [2.75, 3.05) is 0 Å². The average molecular weight is 305 g/mol. The lowest BCUT2D eigenvalue weighted by molar-refractivity contribution is 0.393. The van der Waals surface area contributed by atoms with E-state index in [1.165, 1.54) is 0 Å². The first-order valence-electron chi connectivity index (χ1n) is 6.48. The first-order chi connectivity index (χ1) is 9.88. The molecule has 1 atom stereocenters. The van der Waals surface area contributed by atoms with E-state index in [1.54, 1.807) is 31.4 Å². The molecule has 1 aromatic heterocycles. The molecule has 21 heavy (non-hydrogen) atoms. The Morgan fingerprint density at radius 1 is 1.38 bits per heavy atom. The maximum absolute atomic E-state index is 11.9. The molecule has 0 saturated carbocycles. The fraction of sp³-hybridized carbons (Fsp3) is 0.286. The van der Waals surface area contributed by atoms with Crippen molar-refractivity contribution in [1.82, 2.24) is 5.16 Å². The Balaban J connectivity index is 2.22. The summed E-state index contributed by atoms with van der Waals surface area (Å²) in [6, 6.07) is -0.239. The Morgan fingerprint density at radius 2 is 2.14 bits per heavy atom. The van der Waals surface area contributed by atoms with Crippen LogP contribution in [0, 0.1) is 13.8 Å². The molecule has 1 aliphatic heterocycles. The van der Waals surface area contributed by atoms with Gasteiger partial charge in [-0.15, -0.1) is 0 Å². The third-order valence-electron chi connectivity index (χ3n) is 3.65.